The molecule has 0 radical (unpaired) electrons. The zero-order valence-corrected chi connectivity index (χ0v) is 12.4. The van der Waals surface area contributed by atoms with Crippen LogP contribution in [-0.2, 0) is 19.5 Å². The van der Waals surface area contributed by atoms with Gasteiger partial charge in [-0.05, 0) is 35.2 Å². The summed E-state index contributed by atoms with van der Waals surface area (Å²) in [5, 5.41) is 4.64. The van der Waals surface area contributed by atoms with Crippen LogP contribution in [0.15, 0.2) is 42.5 Å². The van der Waals surface area contributed by atoms with Crippen molar-refractivity contribution in [2.75, 3.05) is 0 Å². The second-order valence-electron chi connectivity index (χ2n) is 4.47. The number of benzene rings is 2. The number of nitrogens with one attached hydrogen (secondary N) is 1. The van der Waals surface area contributed by atoms with Gasteiger partial charge in [-0.2, -0.15) is 0 Å². The van der Waals surface area contributed by atoms with Crippen LogP contribution < -0.4 is 5.32 Å². The molecule has 0 unspecified atom stereocenters. The molecule has 0 saturated heterocycles. The first-order chi connectivity index (χ1) is 9.20. The van der Waals surface area contributed by atoms with Gasteiger partial charge >= 0.3 is 0 Å². The molecule has 3 heteroatoms. The molecule has 1 nitrogen and oxygen atoms in total. The molecule has 0 atom stereocenters. The molecule has 0 aliphatic carbocycles. The fourth-order valence-electron chi connectivity index (χ4n) is 2.07. The number of rotatable bonds is 5. The predicted octanol–water partition coefficient (Wildman–Crippen LogP) is 4.85. The molecule has 19 heavy (non-hydrogen) atoms. The molecule has 0 spiro atoms. The molecule has 0 aromatic heterocycles. The van der Waals surface area contributed by atoms with E-state index in [1.54, 1.807) is 0 Å². The van der Waals surface area contributed by atoms with E-state index in [-0.39, 0.29) is 0 Å². The quantitative estimate of drug-likeness (QED) is 0.831. The van der Waals surface area contributed by atoms with Gasteiger partial charge in [0.25, 0.3) is 0 Å². The van der Waals surface area contributed by atoms with Crippen molar-refractivity contribution < 1.29 is 0 Å². The van der Waals surface area contributed by atoms with Crippen LogP contribution in [0, 0.1) is 0 Å². The Morgan fingerprint density at radius 3 is 2.32 bits per heavy atom. The average molecular weight is 294 g/mol. The highest BCUT2D eigenvalue weighted by atomic mass is 35.5. The SMILES string of the molecule is CCc1ccccc1CNCc1ccc(Cl)c(Cl)c1. The third-order valence-electron chi connectivity index (χ3n) is 3.13. The Morgan fingerprint density at radius 2 is 1.63 bits per heavy atom. The van der Waals surface area contributed by atoms with Crippen molar-refractivity contribution in [3.63, 3.8) is 0 Å². The molecule has 0 amide bonds. The molecular weight excluding hydrogens is 277 g/mol. The minimum atomic E-state index is 0.599. The fraction of sp³-hybridized carbons (Fsp3) is 0.250. The molecule has 0 aliphatic rings. The van der Waals surface area contributed by atoms with E-state index >= 15 is 0 Å². The Hall–Kier alpha value is -1.02. The molecule has 0 bridgehead atoms. The van der Waals surface area contributed by atoms with E-state index in [1.807, 2.05) is 18.2 Å². The van der Waals surface area contributed by atoms with Gasteiger partial charge in [-0.25, -0.2) is 0 Å². The van der Waals surface area contributed by atoms with E-state index in [0.717, 1.165) is 25.1 Å². The lowest BCUT2D eigenvalue weighted by molar-refractivity contribution is 0.688. The van der Waals surface area contributed by atoms with Crippen molar-refractivity contribution in [3.8, 4) is 0 Å². The predicted molar refractivity (Wildman–Crippen MR) is 82.8 cm³/mol. The summed E-state index contributed by atoms with van der Waals surface area (Å²) < 4.78 is 0. The van der Waals surface area contributed by atoms with E-state index in [0.29, 0.717) is 10.0 Å². The Bertz CT molecular complexity index is 552. The van der Waals surface area contributed by atoms with Crippen molar-refractivity contribution in [1.82, 2.24) is 5.32 Å². The third kappa shape index (κ3) is 3.97. The van der Waals surface area contributed by atoms with E-state index < -0.39 is 0 Å². The van der Waals surface area contributed by atoms with Crippen LogP contribution >= 0.6 is 23.2 Å². The minimum absolute atomic E-state index is 0.599. The highest BCUT2D eigenvalue weighted by molar-refractivity contribution is 6.42. The monoisotopic (exact) mass is 293 g/mol. The maximum atomic E-state index is 6.00. The standard InChI is InChI=1S/C16H17Cl2N/c1-2-13-5-3-4-6-14(13)11-19-10-12-7-8-15(17)16(18)9-12/h3-9,19H,2,10-11H2,1H3. The molecule has 2 aromatic rings. The second kappa shape index (κ2) is 6.95. The number of hydrogen-bond donors (Lipinski definition) is 1. The molecule has 0 heterocycles. The summed E-state index contributed by atoms with van der Waals surface area (Å²) in [7, 11) is 0. The van der Waals surface area contributed by atoms with E-state index in [4.69, 9.17) is 23.2 Å². The van der Waals surface area contributed by atoms with Gasteiger partial charge in [0.2, 0.25) is 0 Å². The zero-order chi connectivity index (χ0) is 13.7. The topological polar surface area (TPSA) is 12.0 Å². The van der Waals surface area contributed by atoms with Gasteiger partial charge in [0.05, 0.1) is 10.0 Å². The van der Waals surface area contributed by atoms with Gasteiger partial charge in [0.1, 0.15) is 0 Å². The normalized spacial score (nSPS) is 10.7. The second-order valence-corrected chi connectivity index (χ2v) is 5.29. The lowest BCUT2D eigenvalue weighted by Gasteiger charge is -2.09. The highest BCUT2D eigenvalue weighted by Gasteiger charge is 2.01. The summed E-state index contributed by atoms with van der Waals surface area (Å²) in [5.41, 5.74) is 3.89. The number of halogens is 2. The van der Waals surface area contributed by atoms with Crippen molar-refractivity contribution in [3.05, 3.63) is 69.2 Å². The van der Waals surface area contributed by atoms with Crippen LogP contribution in [0.5, 0.6) is 0 Å². The van der Waals surface area contributed by atoms with Crippen LogP contribution in [0.1, 0.15) is 23.6 Å². The third-order valence-corrected chi connectivity index (χ3v) is 3.87. The molecular formula is C16H17Cl2N. The zero-order valence-electron chi connectivity index (χ0n) is 10.9. The fourth-order valence-corrected chi connectivity index (χ4v) is 2.39. The molecule has 0 saturated carbocycles. The summed E-state index contributed by atoms with van der Waals surface area (Å²) in [4.78, 5) is 0. The lowest BCUT2D eigenvalue weighted by Crippen LogP contribution is -2.13. The largest absolute Gasteiger partial charge is 0.309 e. The smallest absolute Gasteiger partial charge is 0.0595 e. The number of hydrogen-bond acceptors (Lipinski definition) is 1. The summed E-state index contributed by atoms with van der Waals surface area (Å²) in [5.74, 6) is 0. The van der Waals surface area contributed by atoms with Crippen LogP contribution in [0.3, 0.4) is 0 Å². The summed E-state index contributed by atoms with van der Waals surface area (Å²) >= 11 is 11.9. The van der Waals surface area contributed by atoms with Crippen LogP contribution in [-0.4, -0.2) is 0 Å². The van der Waals surface area contributed by atoms with E-state index in [2.05, 4.69) is 36.5 Å². The van der Waals surface area contributed by atoms with Crippen LogP contribution in [0.4, 0.5) is 0 Å². The van der Waals surface area contributed by atoms with Crippen LogP contribution in [0.25, 0.3) is 0 Å². The Kier molecular flexibility index (Phi) is 5.26. The van der Waals surface area contributed by atoms with Gasteiger partial charge in [0.15, 0.2) is 0 Å². The summed E-state index contributed by atoms with van der Waals surface area (Å²) in [6.07, 6.45) is 1.06. The van der Waals surface area contributed by atoms with E-state index in [1.165, 1.54) is 11.1 Å². The van der Waals surface area contributed by atoms with Gasteiger partial charge in [-0.3, -0.25) is 0 Å². The Labute approximate surface area is 124 Å². The van der Waals surface area contributed by atoms with Gasteiger partial charge in [0, 0.05) is 13.1 Å². The summed E-state index contributed by atoms with van der Waals surface area (Å²) in [6.45, 7) is 3.83. The Balaban J connectivity index is 1.94. The van der Waals surface area contributed by atoms with Crippen molar-refractivity contribution in [2.45, 2.75) is 26.4 Å². The summed E-state index contributed by atoms with van der Waals surface area (Å²) in [6, 6.07) is 14.2. The van der Waals surface area contributed by atoms with Gasteiger partial charge < -0.3 is 5.32 Å². The first-order valence-corrected chi connectivity index (χ1v) is 7.17. The van der Waals surface area contributed by atoms with Crippen molar-refractivity contribution in [1.29, 1.82) is 0 Å². The van der Waals surface area contributed by atoms with Crippen LogP contribution in [0.2, 0.25) is 10.0 Å². The number of aryl methyl sites for hydroxylation is 1. The molecule has 2 rings (SSSR count). The first-order valence-electron chi connectivity index (χ1n) is 6.42. The highest BCUT2D eigenvalue weighted by Crippen LogP contribution is 2.22. The first kappa shape index (κ1) is 14.4. The molecule has 2 aromatic carbocycles. The van der Waals surface area contributed by atoms with Crippen molar-refractivity contribution >= 4 is 23.2 Å². The lowest BCUT2D eigenvalue weighted by atomic mass is 10.1. The van der Waals surface area contributed by atoms with Gasteiger partial charge in [-0.1, -0.05) is 60.5 Å². The maximum absolute atomic E-state index is 6.00. The molecule has 100 valence electrons. The average Bonchev–Trinajstić information content (AvgIpc) is 2.43. The van der Waals surface area contributed by atoms with E-state index in [9.17, 15) is 0 Å². The Morgan fingerprint density at radius 1 is 0.895 bits per heavy atom. The molecule has 0 fully saturated rings. The molecule has 1 N–H and O–H groups in total. The van der Waals surface area contributed by atoms with Gasteiger partial charge in [-0.15, -0.1) is 0 Å². The molecule has 0 aliphatic heterocycles. The van der Waals surface area contributed by atoms with Crippen molar-refractivity contribution in [2.24, 2.45) is 0 Å². The minimum Gasteiger partial charge on any atom is -0.309 e. The maximum Gasteiger partial charge on any atom is 0.0595 e.